The maximum Gasteiger partial charge on any atom is 0.244 e. The van der Waals surface area contributed by atoms with Crippen molar-refractivity contribution in [3.63, 3.8) is 0 Å². The first-order valence-corrected chi connectivity index (χ1v) is 6.62. The summed E-state index contributed by atoms with van der Waals surface area (Å²) in [6.45, 7) is 2.46. The summed E-state index contributed by atoms with van der Waals surface area (Å²) in [6.07, 6.45) is 3.78. The molecule has 5 heteroatoms. The van der Waals surface area contributed by atoms with Gasteiger partial charge >= 0.3 is 0 Å². The van der Waals surface area contributed by atoms with Crippen LogP contribution in [0.2, 0.25) is 0 Å². The Hall–Kier alpha value is -1.17. The highest BCUT2D eigenvalue weighted by Gasteiger charge is 2.09. The Kier molecular flexibility index (Phi) is 6.64. The molecule has 1 aromatic rings. The van der Waals surface area contributed by atoms with Crippen LogP contribution in [0.25, 0.3) is 6.08 Å². The summed E-state index contributed by atoms with van der Waals surface area (Å²) >= 11 is 1.64. The van der Waals surface area contributed by atoms with Crippen LogP contribution in [-0.4, -0.2) is 37.4 Å². The molecular formula is C13H19NO3S. The Morgan fingerprint density at radius 2 is 2.39 bits per heavy atom. The molecule has 4 nitrogen and oxygen atoms in total. The van der Waals surface area contributed by atoms with E-state index in [1.54, 1.807) is 24.5 Å². The Bertz CT molecular complexity index is 395. The van der Waals surface area contributed by atoms with Crippen molar-refractivity contribution in [2.24, 2.45) is 0 Å². The fourth-order valence-electron chi connectivity index (χ4n) is 1.50. The van der Waals surface area contributed by atoms with Crippen molar-refractivity contribution in [3.8, 4) is 0 Å². The minimum absolute atomic E-state index is 0.0299. The van der Waals surface area contributed by atoms with E-state index >= 15 is 0 Å². The van der Waals surface area contributed by atoms with Crippen LogP contribution in [0.5, 0.6) is 0 Å². The maximum absolute atomic E-state index is 11.7. The number of hydrogen-bond acceptors (Lipinski definition) is 4. The second-order valence-corrected chi connectivity index (χ2v) is 5.27. The largest absolute Gasteiger partial charge is 0.396 e. The molecule has 2 N–H and O–H groups in total. The van der Waals surface area contributed by atoms with Crippen molar-refractivity contribution in [1.29, 1.82) is 0 Å². The van der Waals surface area contributed by atoms with E-state index in [9.17, 15) is 4.79 Å². The van der Waals surface area contributed by atoms with Gasteiger partial charge in [0.05, 0.1) is 12.6 Å². The highest BCUT2D eigenvalue weighted by Crippen LogP contribution is 2.16. The van der Waals surface area contributed by atoms with Gasteiger partial charge in [-0.1, -0.05) is 0 Å². The zero-order chi connectivity index (χ0) is 13.4. The number of aryl methyl sites for hydroxylation is 1. The van der Waals surface area contributed by atoms with Gasteiger partial charge in [0.1, 0.15) is 0 Å². The fraction of sp³-hybridized carbons (Fsp3) is 0.462. The van der Waals surface area contributed by atoms with Gasteiger partial charge in [-0.15, -0.1) is 11.3 Å². The Balaban J connectivity index is 2.46. The lowest BCUT2D eigenvalue weighted by molar-refractivity contribution is -0.117. The monoisotopic (exact) mass is 269 g/mol. The van der Waals surface area contributed by atoms with Crippen LogP contribution in [0.4, 0.5) is 0 Å². The number of methoxy groups -OCH3 is 1. The van der Waals surface area contributed by atoms with E-state index < -0.39 is 0 Å². The first-order valence-electron chi connectivity index (χ1n) is 5.80. The predicted octanol–water partition coefficient (Wildman–Crippen LogP) is 1.58. The summed E-state index contributed by atoms with van der Waals surface area (Å²) in [4.78, 5) is 13.9. The lowest BCUT2D eigenvalue weighted by atomic mass is 10.2. The lowest BCUT2D eigenvalue weighted by Gasteiger charge is -2.15. The van der Waals surface area contributed by atoms with E-state index in [0.717, 1.165) is 4.88 Å². The summed E-state index contributed by atoms with van der Waals surface area (Å²) in [5.41, 5.74) is 0. The molecule has 0 saturated heterocycles. The van der Waals surface area contributed by atoms with Crippen LogP contribution in [0, 0.1) is 6.92 Å². The van der Waals surface area contributed by atoms with Gasteiger partial charge in [-0.25, -0.2) is 0 Å². The topological polar surface area (TPSA) is 58.6 Å². The Morgan fingerprint density at radius 3 is 2.94 bits per heavy atom. The number of amides is 1. The maximum atomic E-state index is 11.7. The molecule has 0 saturated carbocycles. The molecule has 0 bridgehead atoms. The summed E-state index contributed by atoms with van der Waals surface area (Å²) in [6, 6.07) is 3.84. The number of rotatable bonds is 7. The van der Waals surface area contributed by atoms with E-state index in [1.165, 1.54) is 11.0 Å². The molecule has 1 atom stereocenters. The smallest absolute Gasteiger partial charge is 0.244 e. The van der Waals surface area contributed by atoms with Crippen molar-refractivity contribution < 1.29 is 14.6 Å². The third kappa shape index (κ3) is 5.44. The van der Waals surface area contributed by atoms with Gasteiger partial charge in [-0.05, 0) is 31.6 Å². The van der Waals surface area contributed by atoms with Gasteiger partial charge in [0.2, 0.25) is 5.91 Å². The van der Waals surface area contributed by atoms with Crippen molar-refractivity contribution >= 4 is 23.3 Å². The first-order chi connectivity index (χ1) is 8.65. The van der Waals surface area contributed by atoms with Crippen molar-refractivity contribution in [3.05, 3.63) is 28.0 Å². The molecule has 1 unspecified atom stereocenters. The molecular weight excluding hydrogens is 250 g/mol. The number of aliphatic hydroxyl groups excluding tert-OH is 1. The van der Waals surface area contributed by atoms with Crippen molar-refractivity contribution in [1.82, 2.24) is 5.32 Å². The quantitative estimate of drug-likeness (QED) is 0.739. The minimum atomic E-state index is -0.170. The Morgan fingerprint density at radius 1 is 1.61 bits per heavy atom. The molecule has 1 rings (SSSR count). The van der Waals surface area contributed by atoms with Crippen LogP contribution < -0.4 is 5.32 Å². The lowest BCUT2D eigenvalue weighted by Crippen LogP contribution is -2.37. The molecule has 0 aliphatic carbocycles. The molecule has 100 valence electrons. The van der Waals surface area contributed by atoms with Crippen LogP contribution in [0.1, 0.15) is 16.2 Å². The van der Waals surface area contributed by atoms with Crippen LogP contribution >= 0.6 is 11.3 Å². The van der Waals surface area contributed by atoms with Crippen LogP contribution in [0.15, 0.2) is 18.2 Å². The summed E-state index contributed by atoms with van der Waals surface area (Å²) in [5.74, 6) is -0.170. The Labute approximate surface area is 111 Å². The first kappa shape index (κ1) is 14.9. The molecule has 1 heterocycles. The van der Waals surface area contributed by atoms with Crippen molar-refractivity contribution in [2.45, 2.75) is 19.4 Å². The van der Waals surface area contributed by atoms with E-state index in [1.807, 2.05) is 19.1 Å². The molecule has 0 aliphatic heterocycles. The molecule has 18 heavy (non-hydrogen) atoms. The number of carbonyl (C=O) groups excluding carboxylic acids is 1. The highest BCUT2D eigenvalue weighted by atomic mass is 32.1. The third-order valence-electron chi connectivity index (χ3n) is 2.35. The predicted molar refractivity (Wildman–Crippen MR) is 73.6 cm³/mol. The molecule has 1 amide bonds. The molecule has 0 spiro atoms. The summed E-state index contributed by atoms with van der Waals surface area (Å²) in [5, 5.41) is 11.7. The van der Waals surface area contributed by atoms with Crippen molar-refractivity contribution in [2.75, 3.05) is 20.3 Å². The fourth-order valence-corrected chi connectivity index (χ4v) is 2.28. The molecule has 1 aromatic heterocycles. The number of aliphatic hydroxyl groups is 1. The van der Waals surface area contributed by atoms with Gasteiger partial charge in [-0.3, -0.25) is 4.79 Å². The van der Waals surface area contributed by atoms with Gasteiger partial charge in [0, 0.05) is 29.5 Å². The van der Waals surface area contributed by atoms with Gasteiger partial charge in [0.15, 0.2) is 0 Å². The number of hydrogen-bond donors (Lipinski definition) is 2. The average Bonchev–Trinajstić information content (AvgIpc) is 2.73. The van der Waals surface area contributed by atoms with E-state index in [4.69, 9.17) is 9.84 Å². The van der Waals surface area contributed by atoms with Gasteiger partial charge < -0.3 is 15.2 Å². The number of thiophene rings is 1. The van der Waals surface area contributed by atoms with Gasteiger partial charge in [-0.2, -0.15) is 0 Å². The SMILES string of the molecule is COCC(CCO)NC(=O)/C=C/c1ccc(C)s1. The molecule has 0 aliphatic rings. The van der Waals surface area contributed by atoms with E-state index in [2.05, 4.69) is 5.32 Å². The normalized spacial score (nSPS) is 12.8. The standard InChI is InChI=1S/C13H19NO3S/c1-10-3-4-12(18-10)5-6-13(16)14-11(7-8-15)9-17-2/h3-6,11,15H,7-9H2,1-2H3,(H,14,16)/b6-5+. The van der Waals surface area contributed by atoms with Crippen LogP contribution in [0.3, 0.4) is 0 Å². The summed E-state index contributed by atoms with van der Waals surface area (Å²) < 4.78 is 4.98. The summed E-state index contributed by atoms with van der Waals surface area (Å²) in [7, 11) is 1.57. The molecule has 0 fully saturated rings. The zero-order valence-electron chi connectivity index (χ0n) is 10.7. The van der Waals surface area contributed by atoms with E-state index in [0.29, 0.717) is 13.0 Å². The van der Waals surface area contributed by atoms with Gasteiger partial charge in [0.25, 0.3) is 0 Å². The second kappa shape index (κ2) is 8.02. The zero-order valence-corrected chi connectivity index (χ0v) is 11.5. The second-order valence-electron chi connectivity index (χ2n) is 3.95. The molecule has 0 aromatic carbocycles. The number of nitrogens with one attached hydrogen (secondary N) is 1. The number of ether oxygens (including phenoxy) is 1. The van der Waals surface area contributed by atoms with E-state index in [-0.39, 0.29) is 18.6 Å². The minimum Gasteiger partial charge on any atom is -0.396 e. The third-order valence-corrected chi connectivity index (χ3v) is 3.32. The van der Waals surface area contributed by atoms with Crippen LogP contribution in [-0.2, 0) is 9.53 Å². The average molecular weight is 269 g/mol. The molecule has 0 radical (unpaired) electrons. The highest BCUT2D eigenvalue weighted by molar-refractivity contribution is 7.12. The number of carbonyl (C=O) groups is 1.